The molecule has 1 aromatic heterocycles. The third-order valence-corrected chi connectivity index (χ3v) is 4.40. The quantitative estimate of drug-likeness (QED) is 0.465. The monoisotopic (exact) mass is 367 g/mol. The van der Waals surface area contributed by atoms with Crippen molar-refractivity contribution < 1.29 is 19.1 Å². The third kappa shape index (κ3) is 4.77. The summed E-state index contributed by atoms with van der Waals surface area (Å²) in [6.45, 7) is 2.03. The van der Waals surface area contributed by atoms with E-state index in [0.717, 1.165) is 10.7 Å². The van der Waals surface area contributed by atoms with Crippen molar-refractivity contribution in [3.63, 3.8) is 0 Å². The first-order chi connectivity index (χ1) is 12.6. The molecule has 3 aromatic rings. The van der Waals surface area contributed by atoms with E-state index in [0.29, 0.717) is 23.5 Å². The first kappa shape index (κ1) is 17.8. The van der Waals surface area contributed by atoms with Gasteiger partial charge in [0.1, 0.15) is 12.4 Å². The van der Waals surface area contributed by atoms with Gasteiger partial charge in [-0.3, -0.25) is 4.79 Å². The molecular formula is C20H17NO4S. The molecule has 26 heavy (non-hydrogen) atoms. The second kappa shape index (κ2) is 8.40. The fourth-order valence-corrected chi connectivity index (χ4v) is 2.84. The van der Waals surface area contributed by atoms with Crippen molar-refractivity contribution in [2.24, 2.45) is 0 Å². The Labute approximate surface area is 155 Å². The van der Waals surface area contributed by atoms with Gasteiger partial charge in [0.15, 0.2) is 12.4 Å². The number of nitrogens with zero attached hydrogens (tertiary/aromatic N) is 1. The Balaban J connectivity index is 1.51. The third-order valence-electron chi connectivity index (χ3n) is 3.57. The summed E-state index contributed by atoms with van der Waals surface area (Å²) >= 11 is 1.57. The summed E-state index contributed by atoms with van der Waals surface area (Å²) < 4.78 is 10.7. The van der Waals surface area contributed by atoms with E-state index in [-0.39, 0.29) is 12.4 Å². The van der Waals surface area contributed by atoms with Crippen LogP contribution in [0.3, 0.4) is 0 Å². The van der Waals surface area contributed by atoms with Crippen LogP contribution in [0, 0.1) is 6.92 Å². The second-order valence-electron chi connectivity index (χ2n) is 5.54. The summed E-state index contributed by atoms with van der Waals surface area (Å²) in [7, 11) is 0. The molecule has 0 amide bonds. The van der Waals surface area contributed by atoms with Gasteiger partial charge in [0.2, 0.25) is 0 Å². The highest BCUT2D eigenvalue weighted by Crippen LogP contribution is 2.16. The lowest BCUT2D eigenvalue weighted by atomic mass is 10.1. The molecule has 0 saturated carbocycles. The normalized spacial score (nSPS) is 10.3. The maximum Gasteiger partial charge on any atom is 0.338 e. The van der Waals surface area contributed by atoms with Crippen molar-refractivity contribution in [3.05, 3.63) is 81.8 Å². The fourth-order valence-electron chi connectivity index (χ4n) is 2.24. The molecule has 0 spiro atoms. The van der Waals surface area contributed by atoms with Crippen LogP contribution in [0.5, 0.6) is 5.75 Å². The second-order valence-corrected chi connectivity index (χ2v) is 6.60. The van der Waals surface area contributed by atoms with Crippen molar-refractivity contribution in [1.29, 1.82) is 0 Å². The molecule has 2 aromatic carbocycles. The van der Waals surface area contributed by atoms with Crippen LogP contribution in [0.1, 0.15) is 31.4 Å². The summed E-state index contributed by atoms with van der Waals surface area (Å²) in [5, 5.41) is 2.94. The standard InChI is InChI=1S/C20H17NO4S/c1-14-21-17(13-26-14)11-24-18-9-7-16(8-10-18)20(23)25-12-19(22)15-5-3-2-4-6-15/h2-10,13H,11-12H2,1H3. The van der Waals surface area contributed by atoms with Crippen LogP contribution in [0.2, 0.25) is 0 Å². The van der Waals surface area contributed by atoms with Crippen molar-refractivity contribution in [2.45, 2.75) is 13.5 Å². The molecule has 0 bridgehead atoms. The Hall–Kier alpha value is -2.99. The van der Waals surface area contributed by atoms with Gasteiger partial charge in [-0.25, -0.2) is 9.78 Å². The van der Waals surface area contributed by atoms with Gasteiger partial charge in [0.05, 0.1) is 16.3 Å². The number of aryl methyl sites for hydroxylation is 1. The van der Waals surface area contributed by atoms with Crippen LogP contribution >= 0.6 is 11.3 Å². The van der Waals surface area contributed by atoms with E-state index in [4.69, 9.17) is 9.47 Å². The van der Waals surface area contributed by atoms with Crippen LogP contribution < -0.4 is 4.74 Å². The van der Waals surface area contributed by atoms with Crippen molar-refractivity contribution in [1.82, 2.24) is 4.98 Å². The lowest BCUT2D eigenvalue weighted by Gasteiger charge is -2.07. The van der Waals surface area contributed by atoms with Crippen LogP contribution in [0.25, 0.3) is 0 Å². The average Bonchev–Trinajstić information content (AvgIpc) is 3.10. The number of hydrogen-bond acceptors (Lipinski definition) is 6. The summed E-state index contributed by atoms with van der Waals surface area (Å²) in [6, 6.07) is 15.3. The number of ketones is 1. The largest absolute Gasteiger partial charge is 0.487 e. The molecule has 5 nitrogen and oxygen atoms in total. The highest BCUT2D eigenvalue weighted by molar-refractivity contribution is 7.09. The Morgan fingerprint density at radius 1 is 1.00 bits per heavy atom. The molecule has 0 saturated heterocycles. The van der Waals surface area contributed by atoms with Crippen molar-refractivity contribution >= 4 is 23.1 Å². The molecule has 132 valence electrons. The van der Waals surface area contributed by atoms with Gasteiger partial charge in [0, 0.05) is 10.9 Å². The molecule has 0 unspecified atom stereocenters. The van der Waals surface area contributed by atoms with E-state index in [9.17, 15) is 9.59 Å². The predicted molar refractivity (Wildman–Crippen MR) is 98.7 cm³/mol. The number of aromatic nitrogens is 1. The molecule has 3 rings (SSSR count). The molecule has 6 heteroatoms. The van der Waals surface area contributed by atoms with Gasteiger partial charge < -0.3 is 9.47 Å². The maximum absolute atomic E-state index is 12.0. The number of esters is 1. The minimum Gasteiger partial charge on any atom is -0.487 e. The summed E-state index contributed by atoms with van der Waals surface area (Å²) in [4.78, 5) is 28.3. The summed E-state index contributed by atoms with van der Waals surface area (Å²) in [5.74, 6) is -0.152. The van der Waals surface area contributed by atoms with Gasteiger partial charge in [-0.1, -0.05) is 30.3 Å². The number of carbonyl (C=O) groups excluding carboxylic acids is 2. The van der Waals surface area contributed by atoms with E-state index in [1.165, 1.54) is 0 Å². The van der Waals surface area contributed by atoms with Crippen LogP contribution in [-0.2, 0) is 11.3 Å². The summed E-state index contributed by atoms with van der Waals surface area (Å²) in [5.41, 5.74) is 1.75. The minimum absolute atomic E-state index is 0.238. The van der Waals surface area contributed by atoms with E-state index in [1.54, 1.807) is 59.9 Å². The number of benzene rings is 2. The number of carbonyl (C=O) groups is 2. The van der Waals surface area contributed by atoms with E-state index >= 15 is 0 Å². The van der Waals surface area contributed by atoms with E-state index in [1.807, 2.05) is 18.4 Å². The highest BCUT2D eigenvalue weighted by atomic mass is 32.1. The Kier molecular flexibility index (Phi) is 5.76. The zero-order valence-electron chi connectivity index (χ0n) is 14.2. The Bertz CT molecular complexity index is 888. The molecule has 0 aliphatic carbocycles. The van der Waals surface area contributed by atoms with Gasteiger partial charge >= 0.3 is 5.97 Å². The zero-order valence-corrected chi connectivity index (χ0v) is 15.0. The first-order valence-corrected chi connectivity index (χ1v) is 8.89. The number of rotatable bonds is 7. The van der Waals surface area contributed by atoms with Crippen molar-refractivity contribution in [2.75, 3.05) is 6.61 Å². The molecule has 0 atom stereocenters. The molecule has 0 N–H and O–H groups in total. The number of Topliss-reactive ketones (excluding diaryl/α,β-unsaturated/α-hetero) is 1. The Morgan fingerprint density at radius 2 is 1.73 bits per heavy atom. The highest BCUT2D eigenvalue weighted by Gasteiger charge is 2.12. The molecule has 0 aliphatic rings. The van der Waals surface area contributed by atoms with Gasteiger partial charge in [-0.2, -0.15) is 0 Å². The number of thiazole rings is 1. The maximum atomic E-state index is 12.0. The van der Waals surface area contributed by atoms with Gasteiger partial charge in [-0.05, 0) is 31.2 Å². The smallest absolute Gasteiger partial charge is 0.338 e. The van der Waals surface area contributed by atoms with Crippen LogP contribution in [-0.4, -0.2) is 23.3 Å². The van der Waals surface area contributed by atoms with Crippen molar-refractivity contribution in [3.8, 4) is 5.75 Å². The fraction of sp³-hybridized carbons (Fsp3) is 0.150. The molecule has 0 fully saturated rings. The molecule has 1 heterocycles. The predicted octanol–water partition coefficient (Wildman–Crippen LogP) is 4.07. The van der Waals surface area contributed by atoms with Crippen LogP contribution in [0.4, 0.5) is 0 Å². The lowest BCUT2D eigenvalue weighted by Crippen LogP contribution is -2.14. The van der Waals surface area contributed by atoms with Crippen LogP contribution in [0.15, 0.2) is 60.0 Å². The Morgan fingerprint density at radius 3 is 2.38 bits per heavy atom. The SMILES string of the molecule is Cc1nc(COc2ccc(C(=O)OCC(=O)c3ccccc3)cc2)cs1. The van der Waals surface area contributed by atoms with Gasteiger partial charge in [0.25, 0.3) is 0 Å². The molecule has 0 aliphatic heterocycles. The average molecular weight is 367 g/mol. The summed E-state index contributed by atoms with van der Waals surface area (Å²) in [6.07, 6.45) is 0. The topological polar surface area (TPSA) is 65.5 Å². The van der Waals surface area contributed by atoms with Gasteiger partial charge in [-0.15, -0.1) is 11.3 Å². The van der Waals surface area contributed by atoms with E-state index < -0.39 is 5.97 Å². The van der Waals surface area contributed by atoms with E-state index in [2.05, 4.69) is 4.98 Å². The molecular weight excluding hydrogens is 350 g/mol. The number of hydrogen-bond donors (Lipinski definition) is 0. The zero-order chi connectivity index (χ0) is 18.4. The minimum atomic E-state index is -0.545. The lowest BCUT2D eigenvalue weighted by molar-refractivity contribution is 0.0474. The molecule has 0 radical (unpaired) electrons. The first-order valence-electron chi connectivity index (χ1n) is 8.01. The number of ether oxygens (including phenoxy) is 2.